The quantitative estimate of drug-likeness (QED) is 0.689. The lowest BCUT2D eigenvalue weighted by Gasteiger charge is -2.14. The van der Waals surface area contributed by atoms with Crippen LogP contribution in [0.4, 0.5) is 23.2 Å². The molecule has 1 heterocycles. The molecule has 0 aliphatic heterocycles. The highest BCUT2D eigenvalue weighted by molar-refractivity contribution is 5.94. The predicted molar refractivity (Wildman–Crippen MR) is 86.9 cm³/mol. The number of nitrogens with zero attached hydrogens (tertiary/aromatic N) is 3. The second-order valence-electron chi connectivity index (χ2n) is 5.34. The first-order valence-electron chi connectivity index (χ1n) is 7.58. The van der Waals surface area contributed by atoms with Gasteiger partial charge in [-0.2, -0.15) is 18.3 Å². The maximum absolute atomic E-state index is 13.5. The molecule has 1 N–H and O–H groups in total. The van der Waals surface area contributed by atoms with Crippen LogP contribution in [0, 0.1) is 5.82 Å². The van der Waals surface area contributed by atoms with E-state index < -0.39 is 30.1 Å². The molecule has 140 valence electrons. The van der Waals surface area contributed by atoms with E-state index in [0.29, 0.717) is 0 Å². The van der Waals surface area contributed by atoms with E-state index in [-0.39, 0.29) is 17.1 Å². The normalized spacial score (nSPS) is 11.3. The molecule has 0 saturated heterocycles. The number of alkyl halides is 3. The van der Waals surface area contributed by atoms with Crippen molar-refractivity contribution in [2.75, 3.05) is 11.9 Å². The summed E-state index contributed by atoms with van der Waals surface area (Å²) in [6, 6.07) is 8.25. The molecule has 3 rings (SSSR count). The van der Waals surface area contributed by atoms with Crippen molar-refractivity contribution < 1.29 is 27.1 Å². The minimum atomic E-state index is -4.59. The van der Waals surface area contributed by atoms with Crippen molar-refractivity contribution >= 4 is 11.6 Å². The van der Waals surface area contributed by atoms with Crippen molar-refractivity contribution in [3.05, 3.63) is 66.5 Å². The molecule has 0 atom stereocenters. The first-order valence-corrected chi connectivity index (χ1v) is 7.58. The van der Waals surface area contributed by atoms with Crippen molar-refractivity contribution in [2.45, 2.75) is 6.18 Å². The number of benzene rings is 2. The van der Waals surface area contributed by atoms with Crippen molar-refractivity contribution in [3.8, 4) is 11.4 Å². The summed E-state index contributed by atoms with van der Waals surface area (Å²) in [5.74, 6) is -1.57. The van der Waals surface area contributed by atoms with Gasteiger partial charge in [-0.25, -0.2) is 14.1 Å². The lowest BCUT2D eigenvalue weighted by Crippen LogP contribution is -2.22. The number of nitrogens with one attached hydrogen (secondary N) is 1. The number of hydrogen-bond donors (Lipinski definition) is 1. The van der Waals surface area contributed by atoms with E-state index in [2.05, 4.69) is 15.4 Å². The predicted octanol–water partition coefficient (Wildman–Crippen LogP) is 3.44. The smallest absolute Gasteiger partial charge is 0.416 e. The minimum Gasteiger partial charge on any atom is -0.481 e. The molecule has 0 radical (unpaired) electrons. The summed E-state index contributed by atoms with van der Waals surface area (Å²) < 4.78 is 58.7. The van der Waals surface area contributed by atoms with Crippen LogP contribution in [-0.2, 0) is 11.0 Å². The molecule has 0 fully saturated rings. The summed E-state index contributed by atoms with van der Waals surface area (Å²) in [4.78, 5) is 15.8. The van der Waals surface area contributed by atoms with Crippen LogP contribution in [0.15, 0.2) is 55.1 Å². The fourth-order valence-electron chi connectivity index (χ4n) is 2.24. The molecule has 0 saturated carbocycles. The zero-order valence-corrected chi connectivity index (χ0v) is 13.6. The number of hydrogen-bond acceptors (Lipinski definition) is 4. The van der Waals surface area contributed by atoms with Crippen LogP contribution in [0.5, 0.6) is 5.75 Å². The lowest BCUT2D eigenvalue weighted by atomic mass is 10.1. The van der Waals surface area contributed by atoms with Crippen molar-refractivity contribution in [1.82, 2.24) is 14.8 Å². The second kappa shape index (κ2) is 7.44. The first-order chi connectivity index (χ1) is 12.8. The van der Waals surface area contributed by atoms with Crippen LogP contribution in [0.1, 0.15) is 5.56 Å². The van der Waals surface area contributed by atoms with Crippen LogP contribution in [0.2, 0.25) is 0 Å². The van der Waals surface area contributed by atoms with Gasteiger partial charge in [0.15, 0.2) is 18.2 Å². The number of para-hydroxylation sites is 1. The Balaban J connectivity index is 1.81. The summed E-state index contributed by atoms with van der Waals surface area (Å²) in [7, 11) is 0. The van der Waals surface area contributed by atoms with Gasteiger partial charge >= 0.3 is 6.18 Å². The number of anilines is 1. The maximum Gasteiger partial charge on any atom is 0.416 e. The Labute approximate surface area is 150 Å². The van der Waals surface area contributed by atoms with Gasteiger partial charge in [0, 0.05) is 0 Å². The fraction of sp³-hybridized carbons (Fsp3) is 0.118. The number of rotatable bonds is 5. The van der Waals surface area contributed by atoms with E-state index in [1.807, 2.05) is 0 Å². The largest absolute Gasteiger partial charge is 0.481 e. The summed E-state index contributed by atoms with van der Waals surface area (Å²) in [5, 5.41) is 6.17. The summed E-state index contributed by atoms with van der Waals surface area (Å²) in [5.41, 5.74) is -0.908. The lowest BCUT2D eigenvalue weighted by molar-refractivity contribution is -0.137. The molecule has 0 spiro atoms. The van der Waals surface area contributed by atoms with Gasteiger partial charge in [0.05, 0.1) is 16.9 Å². The van der Waals surface area contributed by atoms with E-state index in [9.17, 15) is 22.4 Å². The van der Waals surface area contributed by atoms with Crippen molar-refractivity contribution in [1.29, 1.82) is 0 Å². The molecule has 6 nitrogen and oxygen atoms in total. The molecule has 1 aromatic heterocycles. The van der Waals surface area contributed by atoms with Gasteiger partial charge in [-0.3, -0.25) is 4.79 Å². The molecule has 1 amide bonds. The summed E-state index contributed by atoms with van der Waals surface area (Å²) in [6.07, 6.45) is -2.12. The highest BCUT2D eigenvalue weighted by Crippen LogP contribution is 2.33. The zero-order valence-electron chi connectivity index (χ0n) is 13.6. The van der Waals surface area contributed by atoms with Gasteiger partial charge in [-0.05, 0) is 30.3 Å². The second-order valence-corrected chi connectivity index (χ2v) is 5.34. The highest BCUT2D eigenvalue weighted by atomic mass is 19.4. The van der Waals surface area contributed by atoms with E-state index in [4.69, 9.17) is 4.74 Å². The number of aromatic nitrogens is 3. The maximum atomic E-state index is 13.5. The van der Waals surface area contributed by atoms with Gasteiger partial charge in [0.2, 0.25) is 0 Å². The molecule has 0 bridgehead atoms. The van der Waals surface area contributed by atoms with Crippen molar-refractivity contribution in [3.63, 3.8) is 0 Å². The van der Waals surface area contributed by atoms with Gasteiger partial charge in [-0.1, -0.05) is 12.1 Å². The fourth-order valence-corrected chi connectivity index (χ4v) is 2.24. The Bertz CT molecular complexity index is 942. The van der Waals surface area contributed by atoms with E-state index in [1.54, 1.807) is 0 Å². The molecular weight excluding hydrogens is 368 g/mol. The Kier molecular flexibility index (Phi) is 5.06. The van der Waals surface area contributed by atoms with Crippen LogP contribution < -0.4 is 10.1 Å². The number of amides is 1. The Morgan fingerprint density at radius 3 is 2.63 bits per heavy atom. The minimum absolute atomic E-state index is 0.141. The number of halogens is 4. The van der Waals surface area contributed by atoms with Crippen LogP contribution >= 0.6 is 0 Å². The average molecular weight is 380 g/mol. The average Bonchev–Trinajstić information content (AvgIpc) is 3.14. The third kappa shape index (κ3) is 4.40. The third-order valence-corrected chi connectivity index (χ3v) is 3.46. The van der Waals surface area contributed by atoms with E-state index in [1.165, 1.54) is 35.5 Å². The monoisotopic (exact) mass is 380 g/mol. The molecular formula is C17H12F4N4O2. The highest BCUT2D eigenvalue weighted by Gasteiger charge is 2.31. The SMILES string of the molecule is O=C(COc1ccccc1F)Nc1cc(C(F)(F)F)ccc1-n1cncn1. The first kappa shape index (κ1) is 18.4. The number of carbonyl (C=O) groups excluding carboxylic acids is 1. The standard InChI is InChI=1S/C17H12F4N4O2/c18-12-3-1-2-4-15(12)27-8-16(26)24-13-7-11(17(19,20)21)5-6-14(13)25-10-22-9-23-25/h1-7,9-10H,8H2,(H,24,26). The van der Waals surface area contributed by atoms with Crippen LogP contribution in [-0.4, -0.2) is 27.3 Å². The summed E-state index contributed by atoms with van der Waals surface area (Å²) >= 11 is 0. The Morgan fingerprint density at radius 2 is 1.96 bits per heavy atom. The van der Waals surface area contributed by atoms with Crippen LogP contribution in [0.3, 0.4) is 0 Å². The molecule has 0 aliphatic rings. The van der Waals surface area contributed by atoms with E-state index in [0.717, 1.165) is 24.3 Å². The van der Waals surface area contributed by atoms with Gasteiger partial charge in [0.25, 0.3) is 5.91 Å². The number of ether oxygens (including phenoxy) is 1. The van der Waals surface area contributed by atoms with Crippen LogP contribution in [0.25, 0.3) is 5.69 Å². The third-order valence-electron chi connectivity index (χ3n) is 3.46. The Morgan fingerprint density at radius 1 is 1.19 bits per heavy atom. The van der Waals surface area contributed by atoms with Gasteiger partial charge in [-0.15, -0.1) is 0 Å². The van der Waals surface area contributed by atoms with Gasteiger partial charge in [0.1, 0.15) is 12.7 Å². The zero-order chi connectivity index (χ0) is 19.4. The van der Waals surface area contributed by atoms with Gasteiger partial charge < -0.3 is 10.1 Å². The summed E-state index contributed by atoms with van der Waals surface area (Å²) in [6.45, 7) is -0.589. The van der Waals surface area contributed by atoms with E-state index >= 15 is 0 Å². The molecule has 0 unspecified atom stereocenters. The molecule has 2 aromatic carbocycles. The molecule has 3 aromatic rings. The van der Waals surface area contributed by atoms with Crippen molar-refractivity contribution in [2.24, 2.45) is 0 Å². The molecule has 0 aliphatic carbocycles. The molecule has 27 heavy (non-hydrogen) atoms. The molecule has 10 heteroatoms. The topological polar surface area (TPSA) is 69.0 Å². The number of carbonyl (C=O) groups is 1. The Hall–Kier alpha value is -3.43.